The molecule has 3 fully saturated rings. The Balaban J connectivity index is 1.20. The van der Waals surface area contributed by atoms with Crippen LogP contribution in [0.4, 0.5) is 15.9 Å². The first kappa shape index (κ1) is 31.4. The number of aliphatic hydroxyl groups excluding tert-OH is 1. The summed E-state index contributed by atoms with van der Waals surface area (Å²) in [6, 6.07) is 4.01. The molecule has 10 atom stereocenters. The Bertz CT molecular complexity index is 1940. The van der Waals surface area contributed by atoms with E-state index in [0.717, 1.165) is 11.0 Å². The number of aromatic nitrogens is 7. The maximum atomic E-state index is 15.9. The third-order valence-electron chi connectivity index (χ3n) is 7.47. The van der Waals surface area contributed by atoms with Gasteiger partial charge in [-0.1, -0.05) is 11.3 Å². The normalized spacial score (nSPS) is 37.0. The van der Waals surface area contributed by atoms with Gasteiger partial charge >= 0.3 is 14.5 Å². The van der Waals surface area contributed by atoms with Crippen LogP contribution < -0.4 is 5.73 Å². The van der Waals surface area contributed by atoms with E-state index in [2.05, 4.69) is 25.3 Å². The van der Waals surface area contributed by atoms with Crippen molar-refractivity contribution in [1.29, 1.82) is 0 Å². The zero-order chi connectivity index (χ0) is 32.5. The number of aliphatic hydroxyl groups is 1. The van der Waals surface area contributed by atoms with Crippen molar-refractivity contribution in [2.75, 3.05) is 18.9 Å². The highest BCUT2D eigenvalue weighted by atomic mass is 32.5. The minimum Gasteiger partial charge on any atom is -0.387 e. The summed E-state index contributed by atoms with van der Waals surface area (Å²) in [5.41, 5.74) is 5.66. The maximum absolute atomic E-state index is 15.9. The zero-order valence-electron chi connectivity index (χ0n) is 22.8. The predicted octanol–water partition coefficient (Wildman–Crippen LogP) is 0.390. The van der Waals surface area contributed by atoms with Crippen LogP contribution in [0.15, 0.2) is 30.9 Å². The lowest BCUT2D eigenvalue weighted by Gasteiger charge is -2.27. The molecule has 7 rings (SSSR count). The van der Waals surface area contributed by atoms with Crippen molar-refractivity contribution in [2.24, 2.45) is 0 Å². The molecule has 0 radical (unpaired) electrons. The zero-order valence-corrected chi connectivity index (χ0v) is 25.4. The molecule has 3 saturated heterocycles. The number of anilines is 1. The van der Waals surface area contributed by atoms with Gasteiger partial charge in [-0.2, -0.15) is 0 Å². The number of hydrogen-bond acceptors (Lipinski definition) is 17. The van der Waals surface area contributed by atoms with Crippen molar-refractivity contribution in [3.63, 3.8) is 0 Å². The second-order valence-corrected chi connectivity index (χ2v) is 14.4. The molecule has 5 N–H and O–H groups in total. The van der Waals surface area contributed by atoms with Crippen molar-refractivity contribution in [3.8, 4) is 0 Å². The number of nitrogens with zero attached hydrogens (tertiary/aromatic N) is 8. The third kappa shape index (κ3) is 5.47. The second kappa shape index (κ2) is 11.5. The fraction of sp³-hybridized carbons (Fsp3) is 0.476. The SMILES string of the molecule is Nc1ncnc2c1ncn2[C@@H]1O[C@@H]2COP(O)(=S)O[C@@H]3[C@H](O)[C@@H](COP(=O)(O)O[C@H]2[C@H]1F)O[C@H]3n1nnc2c([N+](=O)[O-])cccc21. The number of non-ortho nitro benzene ring substituents is 1. The summed E-state index contributed by atoms with van der Waals surface area (Å²) < 4.78 is 64.2. The van der Waals surface area contributed by atoms with Crippen molar-refractivity contribution in [3.05, 3.63) is 41.0 Å². The van der Waals surface area contributed by atoms with E-state index in [1.54, 1.807) is 0 Å². The van der Waals surface area contributed by atoms with Crippen LogP contribution in [-0.2, 0) is 43.9 Å². The number of ether oxygens (including phenoxy) is 2. The second-order valence-electron chi connectivity index (χ2n) is 10.3. The lowest BCUT2D eigenvalue weighted by molar-refractivity contribution is -0.383. The van der Waals surface area contributed by atoms with Crippen LogP contribution >= 0.6 is 14.5 Å². The molecule has 6 heterocycles. The number of hydrogen-bond donors (Lipinski definition) is 4. The van der Waals surface area contributed by atoms with E-state index >= 15 is 4.39 Å². The number of halogens is 1. The Kier molecular flexibility index (Phi) is 7.86. The predicted molar refractivity (Wildman–Crippen MR) is 151 cm³/mol. The Morgan fingerprint density at radius 3 is 2.61 bits per heavy atom. The van der Waals surface area contributed by atoms with Crippen LogP contribution in [0.1, 0.15) is 12.5 Å². The number of imidazole rings is 1. The molecule has 0 aliphatic carbocycles. The first-order valence-electron chi connectivity index (χ1n) is 13.2. The molecule has 46 heavy (non-hydrogen) atoms. The number of fused-ring (bicyclic) bond motifs is 5. The molecule has 2 bridgehead atoms. The number of nitro benzene ring substituents is 1. The van der Waals surface area contributed by atoms with Gasteiger partial charge in [-0.3, -0.25) is 28.3 Å². The van der Waals surface area contributed by atoms with Crippen LogP contribution in [0.25, 0.3) is 22.2 Å². The lowest BCUT2D eigenvalue weighted by atomic mass is 10.1. The fourth-order valence-corrected chi connectivity index (χ4v) is 7.76. The monoisotopic (exact) mass is 705 g/mol. The van der Waals surface area contributed by atoms with Gasteiger partial charge < -0.3 is 34.6 Å². The number of rotatable bonds is 3. The molecule has 246 valence electrons. The van der Waals surface area contributed by atoms with Crippen LogP contribution in [0.5, 0.6) is 0 Å². The van der Waals surface area contributed by atoms with E-state index in [-0.39, 0.29) is 33.7 Å². The molecule has 1 aromatic carbocycles. The van der Waals surface area contributed by atoms with Crippen molar-refractivity contribution >= 4 is 60.1 Å². The van der Waals surface area contributed by atoms with Crippen LogP contribution in [0, 0.1) is 10.1 Å². The smallest absolute Gasteiger partial charge is 0.387 e. The molecule has 3 aliphatic rings. The average Bonchev–Trinajstić information content (AvgIpc) is 3.76. The third-order valence-corrected chi connectivity index (χ3v) is 10.0. The Morgan fingerprint density at radius 1 is 1.07 bits per heavy atom. The highest BCUT2D eigenvalue weighted by Crippen LogP contribution is 2.54. The fourth-order valence-electron chi connectivity index (χ4n) is 5.39. The molecular formula is C21H22FN9O12P2S. The van der Waals surface area contributed by atoms with Crippen molar-refractivity contribution in [2.45, 2.75) is 49.1 Å². The molecule has 0 spiro atoms. The summed E-state index contributed by atoms with van der Waals surface area (Å²) in [7, 11) is -5.11. The number of nitrogens with two attached hydrogens (primary N) is 1. The molecule has 3 aromatic heterocycles. The first-order valence-corrected chi connectivity index (χ1v) is 17.3. The topological polar surface area (TPSA) is 277 Å². The molecule has 0 saturated carbocycles. The van der Waals surface area contributed by atoms with E-state index in [9.17, 15) is 29.6 Å². The van der Waals surface area contributed by atoms with Crippen LogP contribution in [0.3, 0.4) is 0 Å². The van der Waals surface area contributed by atoms with Gasteiger partial charge in [-0.25, -0.2) is 28.6 Å². The number of benzene rings is 1. The molecule has 2 unspecified atom stereocenters. The highest BCUT2D eigenvalue weighted by molar-refractivity contribution is 8.07. The molecule has 25 heteroatoms. The van der Waals surface area contributed by atoms with E-state index in [1.807, 2.05) is 0 Å². The van der Waals surface area contributed by atoms with E-state index in [4.69, 9.17) is 45.1 Å². The standard InChI is InChI=1S/C21H22FN9O12P2S/c22-12-16-11(41-20(12)29-7-26-14-18(23)24-6-25-19(14)29)5-39-45(37,46)43-17-15(32)10(4-38-44(35,36)42-16)40-21(17)30-8-2-1-3-9(31(33)34)13(8)27-28-30/h1-3,6-7,10-12,15-17,20-21,32H,4-5H2,(H,35,36)(H,37,46)(H2,23,24,25)/t10-,11-,12-,15-,16-,17-,20-,21-,45?/m1/s1. The quantitative estimate of drug-likeness (QED) is 0.127. The molecule has 3 aliphatic heterocycles. The van der Waals surface area contributed by atoms with Gasteiger partial charge in [0, 0.05) is 6.07 Å². The number of phosphoric acid groups is 1. The van der Waals surface area contributed by atoms with Crippen LogP contribution in [0.2, 0.25) is 0 Å². The van der Waals surface area contributed by atoms with Gasteiger partial charge in [-0.15, -0.1) is 5.10 Å². The minimum absolute atomic E-state index is 0.0140. The van der Waals surface area contributed by atoms with Gasteiger partial charge in [0.25, 0.3) is 5.69 Å². The Hall–Kier alpha value is -3.18. The van der Waals surface area contributed by atoms with E-state index in [0.29, 0.717) is 0 Å². The molecule has 21 nitrogen and oxygen atoms in total. The van der Waals surface area contributed by atoms with Gasteiger partial charge in [0.15, 0.2) is 35.6 Å². The summed E-state index contributed by atoms with van der Waals surface area (Å²) in [5.74, 6) is 0.0140. The summed E-state index contributed by atoms with van der Waals surface area (Å²) in [6.07, 6.45) is -10.8. The summed E-state index contributed by atoms with van der Waals surface area (Å²) in [6.45, 7) is -5.89. The maximum Gasteiger partial charge on any atom is 0.472 e. The lowest BCUT2D eigenvalue weighted by Crippen LogP contribution is -2.35. The van der Waals surface area contributed by atoms with Gasteiger partial charge in [-0.05, 0) is 17.9 Å². The minimum atomic E-state index is -5.11. The van der Waals surface area contributed by atoms with Gasteiger partial charge in [0.05, 0.1) is 30.0 Å². The molecule has 4 aromatic rings. The summed E-state index contributed by atoms with van der Waals surface area (Å²) in [5, 5.41) is 30.3. The van der Waals surface area contributed by atoms with Crippen LogP contribution in [-0.4, -0.2) is 104 Å². The number of nitro groups is 1. The van der Waals surface area contributed by atoms with E-state index in [1.165, 1.54) is 29.1 Å². The average molecular weight is 705 g/mol. The molecular weight excluding hydrogens is 683 g/mol. The van der Waals surface area contributed by atoms with Crippen molar-refractivity contribution < 1.29 is 56.3 Å². The first-order chi connectivity index (χ1) is 21.8. The van der Waals surface area contributed by atoms with Gasteiger partial charge in [0.1, 0.15) is 42.4 Å². The summed E-state index contributed by atoms with van der Waals surface area (Å²) >= 11 is 5.18. The summed E-state index contributed by atoms with van der Waals surface area (Å²) in [4.78, 5) is 44.4. The largest absolute Gasteiger partial charge is 0.472 e. The Labute approximate surface area is 260 Å². The Morgan fingerprint density at radius 2 is 1.83 bits per heavy atom. The molecule has 0 amide bonds. The van der Waals surface area contributed by atoms with Gasteiger partial charge in [0.2, 0.25) is 0 Å². The highest BCUT2D eigenvalue weighted by Gasteiger charge is 2.54. The number of alkyl halides is 1. The number of phosphoric ester groups is 1. The van der Waals surface area contributed by atoms with Crippen molar-refractivity contribution in [1.82, 2.24) is 34.5 Å². The van der Waals surface area contributed by atoms with E-state index < -0.39 is 81.8 Å². The number of nitrogen functional groups attached to an aromatic ring is 1.